The average molecular weight is 575 g/mol. The van der Waals surface area contributed by atoms with Gasteiger partial charge in [-0.15, -0.1) is 0 Å². The lowest BCUT2D eigenvalue weighted by atomic mass is 9.91. The van der Waals surface area contributed by atoms with Crippen LogP contribution in [0.2, 0.25) is 0 Å². The van der Waals surface area contributed by atoms with Crippen molar-refractivity contribution in [3.63, 3.8) is 0 Å². The van der Waals surface area contributed by atoms with Crippen molar-refractivity contribution in [2.24, 2.45) is 0 Å². The molecule has 0 bridgehead atoms. The molecule has 2 aromatic heterocycles. The third-order valence-corrected chi connectivity index (χ3v) is 7.79. The van der Waals surface area contributed by atoms with E-state index in [2.05, 4.69) is 0 Å². The Hall–Kier alpha value is -4.97. The molecule has 3 aliphatic rings. The van der Waals surface area contributed by atoms with Crippen molar-refractivity contribution < 1.29 is 32.6 Å². The van der Waals surface area contributed by atoms with Crippen molar-refractivity contribution in [3.8, 4) is 22.7 Å². The summed E-state index contributed by atoms with van der Waals surface area (Å²) in [6.07, 6.45) is 1.34. The first-order valence-electron chi connectivity index (χ1n) is 13.4. The van der Waals surface area contributed by atoms with Crippen LogP contribution in [-0.2, 0) is 9.47 Å². The highest BCUT2D eigenvalue weighted by Crippen LogP contribution is 2.46. The number of benzene rings is 2. The van der Waals surface area contributed by atoms with E-state index >= 15 is 4.39 Å². The second kappa shape index (κ2) is 9.84. The summed E-state index contributed by atoms with van der Waals surface area (Å²) in [4.78, 5) is 40.8. The smallest absolute Gasteiger partial charge is 0.434 e. The first kappa shape index (κ1) is 26.0. The van der Waals surface area contributed by atoms with Crippen LogP contribution in [0, 0.1) is 11.6 Å². The highest BCUT2D eigenvalue weighted by molar-refractivity contribution is 5.97. The first-order chi connectivity index (χ1) is 20.4. The lowest BCUT2D eigenvalue weighted by molar-refractivity contribution is -0.0197. The monoisotopic (exact) mass is 574 g/mol. The number of hydrogen-bond donors (Lipinski definition) is 0. The molecule has 1 fully saturated rings. The van der Waals surface area contributed by atoms with E-state index in [-0.39, 0.29) is 37.6 Å². The summed E-state index contributed by atoms with van der Waals surface area (Å²) in [5.41, 5.74) is 1.48. The van der Waals surface area contributed by atoms with Gasteiger partial charge >= 0.3 is 6.16 Å². The van der Waals surface area contributed by atoms with Gasteiger partial charge in [-0.1, -0.05) is 24.3 Å². The summed E-state index contributed by atoms with van der Waals surface area (Å²) in [5.74, 6) is -3.05. The van der Waals surface area contributed by atoms with Gasteiger partial charge in [-0.3, -0.25) is 19.3 Å². The van der Waals surface area contributed by atoms with E-state index < -0.39 is 47.1 Å². The second-order valence-electron chi connectivity index (χ2n) is 9.97. The minimum Gasteiger partial charge on any atom is -0.434 e. The molecule has 1 amide bonds. The van der Waals surface area contributed by atoms with Gasteiger partial charge in [0.2, 0.25) is 11.2 Å². The predicted molar refractivity (Wildman–Crippen MR) is 145 cm³/mol. The number of para-hydroxylation sites is 1. The van der Waals surface area contributed by atoms with Crippen molar-refractivity contribution >= 4 is 12.1 Å². The van der Waals surface area contributed by atoms with Gasteiger partial charge < -0.3 is 23.7 Å². The number of nitrogens with zero attached hydrogens (tertiary/aromatic N) is 4. The lowest BCUT2D eigenvalue weighted by Gasteiger charge is -2.51. The maximum absolute atomic E-state index is 15.8. The quantitative estimate of drug-likeness (QED) is 0.342. The highest BCUT2D eigenvalue weighted by Gasteiger charge is 2.47. The Morgan fingerprint density at radius 2 is 1.86 bits per heavy atom. The highest BCUT2D eigenvalue weighted by atomic mass is 19.2. The molecule has 3 aliphatic heterocycles. The third kappa shape index (κ3) is 3.75. The summed E-state index contributed by atoms with van der Waals surface area (Å²) < 4.78 is 49.8. The minimum absolute atomic E-state index is 0.000632. The second-order valence-corrected chi connectivity index (χ2v) is 9.97. The van der Waals surface area contributed by atoms with Gasteiger partial charge in [0.15, 0.2) is 17.3 Å². The molecule has 0 N–H and O–H groups in total. The van der Waals surface area contributed by atoms with Crippen LogP contribution in [0.25, 0.3) is 16.9 Å². The topological polar surface area (TPSA) is 95.2 Å². The summed E-state index contributed by atoms with van der Waals surface area (Å²) in [5, 5.41) is 1.79. The molecule has 2 unspecified atom stereocenters. The van der Waals surface area contributed by atoms with Gasteiger partial charge in [-0.05, 0) is 36.8 Å². The molecule has 42 heavy (non-hydrogen) atoms. The summed E-state index contributed by atoms with van der Waals surface area (Å²) in [7, 11) is 0. The molecule has 4 aromatic rings. The fourth-order valence-electron chi connectivity index (χ4n) is 6.09. The standard InChI is InChI=1S/C30H24F2N4O6/c1-2-41-30(39)42-28-22(37)11-13-35-27(28)29(38)34-14-15-40-16-23(34)36(35)26-17-6-3-4-7-20(17)33-12-5-8-21(33)24-18(26)9-10-19(31)25(24)32/h3-13,23,26H,2,14-16H2,1H3. The lowest BCUT2D eigenvalue weighted by Crippen LogP contribution is -2.66. The molecule has 2 atom stereocenters. The van der Waals surface area contributed by atoms with Gasteiger partial charge in [0, 0.05) is 36.1 Å². The number of carbonyl (C=O) groups is 2. The molecule has 12 heteroatoms. The number of morpholine rings is 1. The summed E-state index contributed by atoms with van der Waals surface area (Å²) in [6, 6.07) is 13.9. The van der Waals surface area contributed by atoms with Crippen LogP contribution < -0.4 is 15.2 Å². The Bertz CT molecular complexity index is 1820. The van der Waals surface area contributed by atoms with E-state index in [1.54, 1.807) is 34.8 Å². The zero-order valence-electron chi connectivity index (χ0n) is 22.3. The van der Waals surface area contributed by atoms with Gasteiger partial charge in [-0.2, -0.15) is 0 Å². The zero-order valence-corrected chi connectivity index (χ0v) is 22.3. The molecule has 1 saturated heterocycles. The Balaban J connectivity index is 1.54. The number of carbonyl (C=O) groups excluding carboxylic acids is 2. The molecule has 2 aromatic carbocycles. The summed E-state index contributed by atoms with van der Waals surface area (Å²) in [6.45, 7) is 2.10. The number of amides is 1. The van der Waals surface area contributed by atoms with Crippen molar-refractivity contribution in [2.45, 2.75) is 19.1 Å². The molecule has 10 nitrogen and oxygen atoms in total. The molecule has 0 radical (unpaired) electrons. The van der Waals surface area contributed by atoms with Crippen molar-refractivity contribution in [3.05, 3.63) is 106 Å². The van der Waals surface area contributed by atoms with Gasteiger partial charge in [0.25, 0.3) is 5.91 Å². The van der Waals surface area contributed by atoms with E-state index in [9.17, 15) is 18.8 Å². The van der Waals surface area contributed by atoms with E-state index in [1.807, 2.05) is 24.3 Å². The average Bonchev–Trinajstić information content (AvgIpc) is 3.43. The molecule has 0 spiro atoms. The summed E-state index contributed by atoms with van der Waals surface area (Å²) >= 11 is 0. The van der Waals surface area contributed by atoms with Gasteiger partial charge in [-0.25, -0.2) is 13.6 Å². The maximum atomic E-state index is 15.8. The van der Waals surface area contributed by atoms with Gasteiger partial charge in [0.05, 0.1) is 31.2 Å². The first-order valence-corrected chi connectivity index (χ1v) is 13.4. The Kier molecular flexibility index (Phi) is 6.08. The number of ether oxygens (including phenoxy) is 3. The van der Waals surface area contributed by atoms with Crippen molar-refractivity contribution in [1.29, 1.82) is 0 Å². The van der Waals surface area contributed by atoms with Crippen LogP contribution in [0.1, 0.15) is 34.6 Å². The van der Waals surface area contributed by atoms with Crippen LogP contribution in [0.4, 0.5) is 13.6 Å². The van der Waals surface area contributed by atoms with Crippen LogP contribution >= 0.6 is 0 Å². The number of fused-ring (bicyclic) bond motifs is 7. The van der Waals surface area contributed by atoms with E-state index in [0.29, 0.717) is 16.9 Å². The van der Waals surface area contributed by atoms with Crippen LogP contribution in [-0.4, -0.2) is 58.7 Å². The molecule has 7 rings (SSSR count). The SMILES string of the molecule is CCOC(=O)Oc1c2n(ccc1=O)N(C1c3ccccc3-n3cccc3-c3c1ccc(F)c3F)C1COCCN1C2=O. The Labute approximate surface area is 237 Å². The minimum atomic E-state index is -1.13. The number of aromatic nitrogens is 2. The van der Waals surface area contributed by atoms with Crippen LogP contribution in [0.3, 0.4) is 0 Å². The maximum Gasteiger partial charge on any atom is 0.514 e. The number of hydrogen-bond acceptors (Lipinski definition) is 7. The van der Waals surface area contributed by atoms with Crippen molar-refractivity contribution in [1.82, 2.24) is 14.1 Å². The van der Waals surface area contributed by atoms with Crippen molar-refractivity contribution in [2.75, 3.05) is 31.4 Å². The predicted octanol–water partition coefficient (Wildman–Crippen LogP) is 3.97. The van der Waals surface area contributed by atoms with Crippen LogP contribution in [0.5, 0.6) is 5.75 Å². The van der Waals surface area contributed by atoms with E-state index in [0.717, 1.165) is 11.6 Å². The van der Waals surface area contributed by atoms with Gasteiger partial charge in [0.1, 0.15) is 12.2 Å². The molecule has 214 valence electrons. The molecule has 5 heterocycles. The largest absolute Gasteiger partial charge is 0.514 e. The molecule has 0 saturated carbocycles. The number of pyridine rings is 1. The van der Waals surface area contributed by atoms with E-state index in [1.165, 1.54) is 27.9 Å². The normalized spacial score (nSPS) is 18.7. The molecular weight excluding hydrogens is 550 g/mol. The fraction of sp³-hybridized carbons (Fsp3) is 0.233. The number of rotatable bonds is 3. The molecular formula is C30H24F2N4O6. The Morgan fingerprint density at radius 3 is 2.69 bits per heavy atom. The zero-order chi connectivity index (χ0) is 29.1. The fourth-order valence-corrected chi connectivity index (χ4v) is 6.09. The number of halogens is 2. The molecule has 0 aliphatic carbocycles. The Morgan fingerprint density at radius 1 is 1.02 bits per heavy atom. The third-order valence-electron chi connectivity index (χ3n) is 7.79. The van der Waals surface area contributed by atoms with E-state index in [4.69, 9.17) is 14.2 Å². The van der Waals surface area contributed by atoms with Crippen LogP contribution in [0.15, 0.2) is 71.8 Å².